The second kappa shape index (κ2) is 5.25. The predicted molar refractivity (Wildman–Crippen MR) is 75.5 cm³/mol. The number of rotatable bonds is 2. The van der Waals surface area contributed by atoms with Gasteiger partial charge in [0.05, 0.1) is 17.9 Å². The van der Waals surface area contributed by atoms with Crippen molar-refractivity contribution in [1.29, 1.82) is 0 Å². The van der Waals surface area contributed by atoms with E-state index in [0.717, 1.165) is 11.9 Å². The van der Waals surface area contributed by atoms with Crippen LogP contribution in [0.5, 0.6) is 0 Å². The van der Waals surface area contributed by atoms with Crippen LogP contribution >= 0.6 is 0 Å². The fourth-order valence-corrected chi connectivity index (χ4v) is 2.34. The van der Waals surface area contributed by atoms with Crippen LogP contribution in [-0.2, 0) is 4.84 Å². The summed E-state index contributed by atoms with van der Waals surface area (Å²) in [5.74, 6) is -1.15. The Labute approximate surface area is 117 Å². The van der Waals surface area contributed by atoms with Gasteiger partial charge in [-0.1, -0.05) is 17.7 Å². The first-order chi connectivity index (χ1) is 9.66. The zero-order chi connectivity index (χ0) is 14.1. The maximum atomic E-state index is 14.0. The van der Waals surface area contributed by atoms with E-state index in [2.05, 4.69) is 0 Å². The van der Waals surface area contributed by atoms with Gasteiger partial charge in [-0.3, -0.25) is 4.84 Å². The molecule has 1 fully saturated rings. The zero-order valence-corrected chi connectivity index (χ0v) is 11.1. The summed E-state index contributed by atoms with van der Waals surface area (Å²) in [7, 11) is 1.87. The topological polar surface area (TPSA) is 12.5 Å². The van der Waals surface area contributed by atoms with E-state index < -0.39 is 11.6 Å². The number of nitrogens with zero attached hydrogens (tertiary/aromatic N) is 1. The minimum atomic E-state index is -0.573. The Morgan fingerprint density at radius 3 is 2.55 bits per heavy atom. The van der Waals surface area contributed by atoms with E-state index in [-0.39, 0.29) is 5.56 Å². The minimum Gasteiger partial charge on any atom is -0.306 e. The lowest BCUT2D eigenvalue weighted by Crippen LogP contribution is -2.20. The molecule has 0 saturated carbocycles. The molecule has 1 heterocycles. The molecule has 0 spiro atoms. The molecule has 0 atom stereocenters. The van der Waals surface area contributed by atoms with E-state index in [1.54, 1.807) is 11.0 Å². The van der Waals surface area contributed by atoms with Crippen LogP contribution in [0.15, 0.2) is 36.4 Å². The molecule has 101 valence electrons. The average molecular weight is 272 g/mol. The van der Waals surface area contributed by atoms with Crippen molar-refractivity contribution in [3.8, 4) is 11.1 Å². The van der Waals surface area contributed by atoms with Gasteiger partial charge < -0.3 is 4.97 Å². The summed E-state index contributed by atoms with van der Waals surface area (Å²) in [4.78, 5) is 7.04. The van der Waals surface area contributed by atoms with Gasteiger partial charge in [0, 0.05) is 5.56 Å². The van der Waals surface area contributed by atoms with Crippen molar-refractivity contribution in [1.82, 2.24) is 0 Å². The standard InChI is InChI=1S/C15H13BF2NO/c1-10-5-6-14(19-16-7-8-20-19)11(9-10)15-12(17)3-2-4-13(15)18/h2-6,9H,7-8H2,1H3. The highest BCUT2D eigenvalue weighted by atomic mass is 19.1. The highest BCUT2D eigenvalue weighted by molar-refractivity contribution is 6.41. The Morgan fingerprint density at radius 2 is 1.90 bits per heavy atom. The Balaban J connectivity index is 2.19. The second-order valence-corrected chi connectivity index (χ2v) is 4.75. The molecule has 0 N–H and O–H groups in total. The summed E-state index contributed by atoms with van der Waals surface area (Å²) in [5, 5.41) is 0. The van der Waals surface area contributed by atoms with Gasteiger partial charge in [-0.2, -0.15) is 0 Å². The molecule has 1 aliphatic heterocycles. The van der Waals surface area contributed by atoms with Crippen LogP contribution in [0.3, 0.4) is 0 Å². The molecular formula is C15H13BF2NO. The van der Waals surface area contributed by atoms with Crippen LogP contribution in [-0.4, -0.2) is 14.0 Å². The van der Waals surface area contributed by atoms with Crippen LogP contribution < -0.4 is 4.97 Å². The van der Waals surface area contributed by atoms with Crippen molar-refractivity contribution in [2.75, 3.05) is 11.6 Å². The largest absolute Gasteiger partial charge is 0.306 e. The molecule has 2 aromatic carbocycles. The summed E-state index contributed by atoms with van der Waals surface area (Å²) in [6.07, 6.45) is 0.785. The number of hydrogen-bond acceptors (Lipinski definition) is 2. The first-order valence-electron chi connectivity index (χ1n) is 6.47. The van der Waals surface area contributed by atoms with Gasteiger partial charge in [0.15, 0.2) is 0 Å². The fraction of sp³-hybridized carbons (Fsp3) is 0.200. The second-order valence-electron chi connectivity index (χ2n) is 4.75. The molecule has 0 unspecified atom stereocenters. The first kappa shape index (κ1) is 13.1. The average Bonchev–Trinajstić information content (AvgIpc) is 2.92. The number of halogens is 2. The van der Waals surface area contributed by atoms with E-state index in [9.17, 15) is 8.78 Å². The molecule has 0 bridgehead atoms. The van der Waals surface area contributed by atoms with E-state index in [0.29, 0.717) is 17.9 Å². The van der Waals surface area contributed by atoms with Crippen LogP contribution in [0.1, 0.15) is 5.56 Å². The molecule has 1 aliphatic rings. The molecule has 2 aromatic rings. The van der Waals surface area contributed by atoms with Gasteiger partial charge in [-0.05, 0) is 37.5 Å². The van der Waals surface area contributed by atoms with Gasteiger partial charge in [-0.25, -0.2) is 8.78 Å². The molecule has 1 saturated heterocycles. The summed E-state index contributed by atoms with van der Waals surface area (Å²) in [6, 6.07) is 9.37. The lowest BCUT2D eigenvalue weighted by atomic mass is 9.88. The molecule has 0 aliphatic carbocycles. The highest BCUT2D eigenvalue weighted by Gasteiger charge is 2.22. The smallest absolute Gasteiger partial charge is 0.288 e. The summed E-state index contributed by atoms with van der Waals surface area (Å²) in [5.41, 5.74) is 2.07. The number of hydrogen-bond donors (Lipinski definition) is 0. The fourth-order valence-electron chi connectivity index (χ4n) is 2.34. The number of aryl methyl sites for hydroxylation is 1. The summed E-state index contributed by atoms with van der Waals surface area (Å²) in [6.45, 7) is 2.47. The molecule has 2 nitrogen and oxygen atoms in total. The SMILES string of the molecule is Cc1ccc(N2[B]CCO2)c(-c2c(F)cccc2F)c1. The Bertz CT molecular complexity index is 622. The quantitative estimate of drug-likeness (QED) is 0.772. The molecule has 20 heavy (non-hydrogen) atoms. The first-order valence-corrected chi connectivity index (χ1v) is 6.47. The third-order valence-corrected chi connectivity index (χ3v) is 3.26. The molecular weight excluding hydrogens is 259 g/mol. The monoisotopic (exact) mass is 272 g/mol. The maximum Gasteiger partial charge on any atom is 0.288 e. The Morgan fingerprint density at radius 1 is 1.15 bits per heavy atom. The van der Waals surface area contributed by atoms with Gasteiger partial charge >= 0.3 is 0 Å². The van der Waals surface area contributed by atoms with Gasteiger partial charge in [0.2, 0.25) is 0 Å². The Hall–Kier alpha value is -1.88. The molecule has 1 radical (unpaired) electrons. The van der Waals surface area contributed by atoms with Crippen molar-refractivity contribution < 1.29 is 13.6 Å². The third-order valence-electron chi connectivity index (χ3n) is 3.26. The van der Waals surface area contributed by atoms with Crippen molar-refractivity contribution >= 4 is 13.1 Å². The Kier molecular flexibility index (Phi) is 3.44. The highest BCUT2D eigenvalue weighted by Crippen LogP contribution is 2.36. The van der Waals surface area contributed by atoms with Crippen molar-refractivity contribution in [2.45, 2.75) is 13.2 Å². The van der Waals surface area contributed by atoms with Gasteiger partial charge in [0.1, 0.15) is 11.6 Å². The normalized spacial score (nSPS) is 14.4. The zero-order valence-electron chi connectivity index (χ0n) is 11.1. The van der Waals surface area contributed by atoms with Crippen LogP contribution in [0.4, 0.5) is 14.5 Å². The van der Waals surface area contributed by atoms with Crippen LogP contribution in [0, 0.1) is 18.6 Å². The predicted octanol–water partition coefficient (Wildman–Crippen LogP) is 3.73. The van der Waals surface area contributed by atoms with E-state index >= 15 is 0 Å². The number of anilines is 1. The van der Waals surface area contributed by atoms with Crippen LogP contribution in [0.25, 0.3) is 11.1 Å². The maximum absolute atomic E-state index is 14.0. The molecule has 3 rings (SSSR count). The van der Waals surface area contributed by atoms with Crippen molar-refractivity contribution in [2.24, 2.45) is 0 Å². The van der Waals surface area contributed by atoms with Gasteiger partial charge in [-0.15, -0.1) is 0 Å². The van der Waals surface area contributed by atoms with E-state index in [4.69, 9.17) is 4.84 Å². The van der Waals surface area contributed by atoms with E-state index in [1.165, 1.54) is 18.2 Å². The van der Waals surface area contributed by atoms with Crippen molar-refractivity contribution in [3.63, 3.8) is 0 Å². The molecule has 0 aromatic heterocycles. The number of benzene rings is 2. The summed E-state index contributed by atoms with van der Waals surface area (Å²) >= 11 is 0. The summed E-state index contributed by atoms with van der Waals surface area (Å²) < 4.78 is 28.1. The van der Waals surface area contributed by atoms with E-state index in [1.807, 2.05) is 26.5 Å². The van der Waals surface area contributed by atoms with Crippen molar-refractivity contribution in [3.05, 3.63) is 53.6 Å². The lowest BCUT2D eigenvalue weighted by molar-refractivity contribution is 0.185. The van der Waals surface area contributed by atoms with Gasteiger partial charge in [0.25, 0.3) is 7.41 Å². The van der Waals surface area contributed by atoms with Crippen LogP contribution in [0.2, 0.25) is 6.32 Å². The molecule has 5 heteroatoms. The third kappa shape index (κ3) is 2.29. The lowest BCUT2D eigenvalue weighted by Gasteiger charge is -2.21. The minimum absolute atomic E-state index is 0.0184. The molecule has 0 amide bonds.